The Kier molecular flexibility index (Phi) is 6.04. The third kappa shape index (κ3) is 4.99. The number of hydrogen-bond donors (Lipinski definition) is 1. The minimum Gasteiger partial charge on any atom is -0.368 e. The van der Waals surface area contributed by atoms with Crippen LogP contribution in [0.4, 0.5) is 5.69 Å². The molecule has 0 aromatic carbocycles. The van der Waals surface area contributed by atoms with Crippen LogP contribution in [0.1, 0.15) is 59.1 Å². The maximum atomic E-state index is 4.52. The highest BCUT2D eigenvalue weighted by Gasteiger charge is 2.21. The molecule has 21 heavy (non-hydrogen) atoms. The number of nitrogens with zero attached hydrogens (tertiary/aromatic N) is 2. The Morgan fingerprint density at radius 1 is 1.29 bits per heavy atom. The van der Waals surface area contributed by atoms with Crippen LogP contribution >= 0.6 is 0 Å². The summed E-state index contributed by atoms with van der Waals surface area (Å²) in [5, 5.41) is 3.56. The van der Waals surface area contributed by atoms with Crippen molar-refractivity contribution in [3.05, 3.63) is 24.0 Å². The van der Waals surface area contributed by atoms with Gasteiger partial charge in [0.25, 0.3) is 0 Å². The average molecular weight is 289 g/mol. The minimum absolute atomic E-state index is 0.624. The first kappa shape index (κ1) is 16.3. The van der Waals surface area contributed by atoms with E-state index in [2.05, 4.69) is 55.0 Å². The fourth-order valence-corrected chi connectivity index (χ4v) is 2.87. The summed E-state index contributed by atoms with van der Waals surface area (Å²) >= 11 is 0. The lowest BCUT2D eigenvalue weighted by molar-refractivity contribution is 0.507. The molecule has 3 nitrogen and oxygen atoms in total. The molecule has 1 aliphatic rings. The van der Waals surface area contributed by atoms with E-state index >= 15 is 0 Å². The van der Waals surface area contributed by atoms with Gasteiger partial charge in [0.1, 0.15) is 0 Å². The standard InChI is InChI=1S/C18H31N3/c1-5-17(6-2)21(13-14(3)4)18-9-10-19-16(11-18)12-20-15-7-8-15/h9-11,14-15,17,20H,5-8,12-13H2,1-4H3. The predicted molar refractivity (Wildman–Crippen MR) is 90.7 cm³/mol. The van der Waals surface area contributed by atoms with E-state index in [4.69, 9.17) is 0 Å². The first-order valence-electron chi connectivity index (χ1n) is 8.59. The van der Waals surface area contributed by atoms with Crippen LogP contribution in [0.3, 0.4) is 0 Å². The van der Waals surface area contributed by atoms with E-state index < -0.39 is 0 Å². The van der Waals surface area contributed by atoms with Crippen molar-refractivity contribution in [1.82, 2.24) is 10.3 Å². The summed E-state index contributed by atoms with van der Waals surface area (Å²) in [6.45, 7) is 11.2. The second kappa shape index (κ2) is 7.79. The van der Waals surface area contributed by atoms with Crippen LogP contribution in [0.25, 0.3) is 0 Å². The molecule has 0 aliphatic heterocycles. The molecule has 0 saturated heterocycles. The van der Waals surface area contributed by atoms with Crippen molar-refractivity contribution in [1.29, 1.82) is 0 Å². The first-order valence-corrected chi connectivity index (χ1v) is 8.59. The summed E-state index contributed by atoms with van der Waals surface area (Å²) in [6, 6.07) is 5.80. The molecule has 0 spiro atoms. The van der Waals surface area contributed by atoms with E-state index in [1.54, 1.807) is 0 Å². The van der Waals surface area contributed by atoms with Crippen LogP contribution < -0.4 is 10.2 Å². The zero-order valence-corrected chi connectivity index (χ0v) is 14.1. The van der Waals surface area contributed by atoms with Crippen LogP contribution in [0.15, 0.2) is 18.3 Å². The van der Waals surface area contributed by atoms with Crippen molar-refractivity contribution < 1.29 is 0 Å². The minimum atomic E-state index is 0.624. The van der Waals surface area contributed by atoms with E-state index in [0.29, 0.717) is 12.0 Å². The summed E-state index contributed by atoms with van der Waals surface area (Å²) in [5.41, 5.74) is 2.50. The van der Waals surface area contributed by atoms with Crippen LogP contribution in [-0.4, -0.2) is 23.6 Å². The molecule has 0 bridgehead atoms. The molecule has 1 N–H and O–H groups in total. The Morgan fingerprint density at radius 2 is 2.00 bits per heavy atom. The molecule has 0 unspecified atom stereocenters. The predicted octanol–water partition coefficient (Wildman–Crippen LogP) is 3.98. The summed E-state index contributed by atoms with van der Waals surface area (Å²) < 4.78 is 0. The van der Waals surface area contributed by atoms with Gasteiger partial charge in [-0.3, -0.25) is 4.98 Å². The zero-order chi connectivity index (χ0) is 15.2. The molecular weight excluding hydrogens is 258 g/mol. The third-order valence-electron chi connectivity index (χ3n) is 4.23. The summed E-state index contributed by atoms with van der Waals surface area (Å²) in [7, 11) is 0. The monoisotopic (exact) mass is 289 g/mol. The Balaban J connectivity index is 2.10. The fraction of sp³-hybridized carbons (Fsp3) is 0.722. The number of pyridine rings is 1. The second-order valence-corrected chi connectivity index (χ2v) is 6.68. The summed E-state index contributed by atoms with van der Waals surface area (Å²) in [4.78, 5) is 7.10. The Hall–Kier alpha value is -1.09. The van der Waals surface area contributed by atoms with Gasteiger partial charge in [-0.1, -0.05) is 27.7 Å². The highest BCUT2D eigenvalue weighted by molar-refractivity contribution is 5.47. The number of aromatic nitrogens is 1. The summed E-state index contributed by atoms with van der Waals surface area (Å²) in [6.07, 6.45) is 7.01. The van der Waals surface area contributed by atoms with E-state index in [1.807, 2.05) is 6.20 Å². The molecule has 1 fully saturated rings. The van der Waals surface area contributed by atoms with E-state index in [0.717, 1.165) is 19.1 Å². The number of rotatable bonds is 9. The maximum absolute atomic E-state index is 4.52. The number of nitrogens with one attached hydrogen (secondary N) is 1. The van der Waals surface area contributed by atoms with Crippen LogP contribution in [0, 0.1) is 5.92 Å². The van der Waals surface area contributed by atoms with Gasteiger partial charge >= 0.3 is 0 Å². The van der Waals surface area contributed by atoms with Crippen molar-refractivity contribution in [2.24, 2.45) is 5.92 Å². The van der Waals surface area contributed by atoms with Crippen molar-refractivity contribution >= 4 is 5.69 Å². The lowest BCUT2D eigenvalue weighted by Gasteiger charge is -2.34. The molecular formula is C18H31N3. The third-order valence-corrected chi connectivity index (χ3v) is 4.23. The van der Waals surface area contributed by atoms with Crippen LogP contribution in [0.2, 0.25) is 0 Å². The molecule has 1 heterocycles. The molecule has 1 aromatic rings. The van der Waals surface area contributed by atoms with Crippen molar-refractivity contribution in [2.45, 2.75) is 72.0 Å². The Bertz CT molecular complexity index is 422. The molecule has 1 aliphatic carbocycles. The van der Waals surface area contributed by atoms with Gasteiger partial charge in [-0.2, -0.15) is 0 Å². The normalized spacial score (nSPS) is 15.0. The molecule has 0 amide bonds. The van der Waals surface area contributed by atoms with Crippen LogP contribution in [0.5, 0.6) is 0 Å². The van der Waals surface area contributed by atoms with E-state index in [-0.39, 0.29) is 0 Å². The van der Waals surface area contributed by atoms with Crippen molar-refractivity contribution in [3.63, 3.8) is 0 Å². The number of hydrogen-bond acceptors (Lipinski definition) is 3. The molecule has 3 heteroatoms. The quantitative estimate of drug-likeness (QED) is 0.745. The highest BCUT2D eigenvalue weighted by Crippen LogP contribution is 2.23. The molecule has 1 saturated carbocycles. The van der Waals surface area contributed by atoms with Gasteiger partial charge in [0, 0.05) is 37.1 Å². The zero-order valence-electron chi connectivity index (χ0n) is 14.1. The van der Waals surface area contributed by atoms with Gasteiger partial charge in [-0.25, -0.2) is 0 Å². The molecule has 0 radical (unpaired) electrons. The lowest BCUT2D eigenvalue weighted by atomic mass is 10.1. The highest BCUT2D eigenvalue weighted by atomic mass is 15.2. The van der Waals surface area contributed by atoms with Crippen molar-refractivity contribution in [2.75, 3.05) is 11.4 Å². The van der Waals surface area contributed by atoms with Crippen molar-refractivity contribution in [3.8, 4) is 0 Å². The molecule has 0 atom stereocenters. The van der Waals surface area contributed by atoms with Gasteiger partial charge in [0.05, 0.1) is 5.69 Å². The first-order chi connectivity index (χ1) is 10.1. The molecule has 2 rings (SSSR count). The smallest absolute Gasteiger partial charge is 0.0562 e. The number of anilines is 1. The van der Waals surface area contributed by atoms with E-state index in [1.165, 1.54) is 37.1 Å². The van der Waals surface area contributed by atoms with Gasteiger partial charge in [0.15, 0.2) is 0 Å². The van der Waals surface area contributed by atoms with E-state index in [9.17, 15) is 0 Å². The molecule has 1 aromatic heterocycles. The summed E-state index contributed by atoms with van der Waals surface area (Å²) in [5.74, 6) is 0.673. The Labute approximate surface area is 130 Å². The van der Waals surface area contributed by atoms with Gasteiger partial charge < -0.3 is 10.2 Å². The van der Waals surface area contributed by atoms with Crippen LogP contribution in [-0.2, 0) is 6.54 Å². The molecule has 118 valence electrons. The van der Waals surface area contributed by atoms with Gasteiger partial charge in [-0.05, 0) is 43.7 Å². The lowest BCUT2D eigenvalue weighted by Crippen LogP contribution is -2.37. The topological polar surface area (TPSA) is 28.2 Å². The second-order valence-electron chi connectivity index (χ2n) is 6.68. The average Bonchev–Trinajstić information content (AvgIpc) is 3.29. The SMILES string of the molecule is CCC(CC)N(CC(C)C)c1ccnc(CNC2CC2)c1. The largest absolute Gasteiger partial charge is 0.368 e. The Morgan fingerprint density at radius 3 is 2.57 bits per heavy atom. The van der Waals surface area contributed by atoms with Gasteiger partial charge in [0.2, 0.25) is 0 Å². The fourth-order valence-electron chi connectivity index (χ4n) is 2.87. The van der Waals surface area contributed by atoms with Gasteiger partial charge in [-0.15, -0.1) is 0 Å². The maximum Gasteiger partial charge on any atom is 0.0562 e.